The molecule has 0 unspecified atom stereocenters. The summed E-state index contributed by atoms with van der Waals surface area (Å²) in [5.74, 6) is -0.306. The molecule has 0 spiro atoms. The van der Waals surface area contributed by atoms with Crippen LogP contribution in [0.5, 0.6) is 5.75 Å². The molecule has 0 fully saturated rings. The lowest BCUT2D eigenvalue weighted by Crippen LogP contribution is -1.95. The van der Waals surface area contributed by atoms with Crippen molar-refractivity contribution in [3.63, 3.8) is 0 Å². The van der Waals surface area contributed by atoms with E-state index in [0.29, 0.717) is 29.4 Å². The lowest BCUT2D eigenvalue weighted by molar-refractivity contribution is 0.306. The van der Waals surface area contributed by atoms with Crippen LogP contribution in [-0.2, 0) is 6.61 Å². The summed E-state index contributed by atoms with van der Waals surface area (Å²) in [5.41, 5.74) is 2.98. The molecule has 3 heterocycles. The van der Waals surface area contributed by atoms with E-state index in [9.17, 15) is 8.78 Å². The van der Waals surface area contributed by atoms with Gasteiger partial charge < -0.3 is 9.72 Å². The van der Waals surface area contributed by atoms with Crippen molar-refractivity contribution in [2.45, 2.75) is 6.61 Å². The summed E-state index contributed by atoms with van der Waals surface area (Å²) in [6, 6.07) is 11.2. The predicted octanol–water partition coefficient (Wildman–Crippen LogP) is 4.36. The molecule has 0 aliphatic rings. The number of benzene rings is 2. The summed E-state index contributed by atoms with van der Waals surface area (Å²) < 4.78 is 33.4. The minimum Gasteiger partial charge on any atom is -0.489 e. The Kier molecular flexibility index (Phi) is 3.75. The third-order valence-electron chi connectivity index (χ3n) is 4.41. The first-order valence-electron chi connectivity index (χ1n) is 8.52. The van der Waals surface area contributed by atoms with Crippen molar-refractivity contribution in [2.75, 3.05) is 0 Å². The highest BCUT2D eigenvalue weighted by Crippen LogP contribution is 2.30. The van der Waals surface area contributed by atoms with Gasteiger partial charge in [0.05, 0.1) is 21.9 Å². The summed E-state index contributed by atoms with van der Waals surface area (Å²) in [6.45, 7) is 0.412. The molecule has 0 amide bonds. The number of pyridine rings is 1. The molecule has 5 aromatic rings. The van der Waals surface area contributed by atoms with Crippen molar-refractivity contribution in [1.29, 1.82) is 0 Å². The zero-order valence-electron chi connectivity index (χ0n) is 14.4. The second-order valence-electron chi connectivity index (χ2n) is 6.29. The van der Waals surface area contributed by atoms with Crippen LogP contribution in [0, 0.1) is 11.6 Å². The Bertz CT molecular complexity index is 1300. The molecule has 0 saturated carbocycles. The summed E-state index contributed by atoms with van der Waals surface area (Å²) in [4.78, 5) is 11.6. The minimum atomic E-state index is -0.694. The Labute approximate surface area is 157 Å². The topological polar surface area (TPSA) is 79.5 Å². The van der Waals surface area contributed by atoms with E-state index in [-0.39, 0.29) is 10.9 Å². The SMILES string of the molecule is Fc1cc(F)c2c(-c3nc4ccc(OCc5ccncc5)cc4[nH]3)n[nH]c2c1. The first kappa shape index (κ1) is 16.4. The Balaban J connectivity index is 1.49. The highest BCUT2D eigenvalue weighted by atomic mass is 19.1. The first-order valence-corrected chi connectivity index (χ1v) is 8.52. The molecule has 3 aromatic heterocycles. The number of hydrogen-bond acceptors (Lipinski definition) is 4. The summed E-state index contributed by atoms with van der Waals surface area (Å²) in [5, 5.41) is 6.93. The maximum Gasteiger partial charge on any atom is 0.159 e. The molecule has 6 nitrogen and oxygen atoms in total. The van der Waals surface area contributed by atoms with Crippen molar-refractivity contribution >= 4 is 21.9 Å². The number of hydrogen-bond donors (Lipinski definition) is 2. The fraction of sp³-hybridized carbons (Fsp3) is 0.0500. The number of nitrogens with zero attached hydrogens (tertiary/aromatic N) is 3. The molecule has 2 N–H and O–H groups in total. The highest BCUT2D eigenvalue weighted by Gasteiger charge is 2.17. The van der Waals surface area contributed by atoms with E-state index in [2.05, 4.69) is 25.1 Å². The number of halogens is 2. The Morgan fingerprint density at radius 2 is 1.82 bits per heavy atom. The second kappa shape index (κ2) is 6.41. The zero-order chi connectivity index (χ0) is 19.1. The van der Waals surface area contributed by atoms with E-state index in [0.717, 1.165) is 17.1 Å². The van der Waals surface area contributed by atoms with Gasteiger partial charge in [-0.1, -0.05) is 0 Å². The van der Waals surface area contributed by atoms with Crippen molar-refractivity contribution in [3.05, 3.63) is 72.1 Å². The van der Waals surface area contributed by atoms with Gasteiger partial charge in [0, 0.05) is 24.5 Å². The van der Waals surface area contributed by atoms with Crippen molar-refractivity contribution in [1.82, 2.24) is 25.1 Å². The van der Waals surface area contributed by atoms with Crippen LogP contribution in [0.3, 0.4) is 0 Å². The Morgan fingerprint density at radius 3 is 2.68 bits per heavy atom. The third kappa shape index (κ3) is 2.84. The molecule has 0 bridgehead atoms. The fourth-order valence-corrected chi connectivity index (χ4v) is 3.08. The summed E-state index contributed by atoms with van der Waals surface area (Å²) in [6.07, 6.45) is 3.42. The van der Waals surface area contributed by atoms with Crippen molar-refractivity contribution in [3.8, 4) is 17.3 Å². The van der Waals surface area contributed by atoms with E-state index in [1.54, 1.807) is 12.4 Å². The molecule has 0 saturated heterocycles. The van der Waals surface area contributed by atoms with Crippen LogP contribution < -0.4 is 4.74 Å². The number of H-pyrrole nitrogens is 2. The molecular weight excluding hydrogens is 364 g/mol. The van der Waals surface area contributed by atoms with Gasteiger partial charge in [0.25, 0.3) is 0 Å². The largest absolute Gasteiger partial charge is 0.489 e. The third-order valence-corrected chi connectivity index (χ3v) is 4.41. The van der Waals surface area contributed by atoms with Gasteiger partial charge in [-0.25, -0.2) is 13.8 Å². The average Bonchev–Trinajstić information content (AvgIpc) is 3.30. The standard InChI is InChI=1S/C20H13F2N5O/c21-12-7-14(22)18-17(8-12)26-27-19(18)20-24-15-2-1-13(9-16(15)25-20)28-10-11-3-5-23-6-4-11/h1-9H,10H2,(H,24,25)(H,26,27). The van der Waals surface area contributed by atoms with Gasteiger partial charge >= 0.3 is 0 Å². The smallest absolute Gasteiger partial charge is 0.159 e. The Morgan fingerprint density at radius 1 is 0.964 bits per heavy atom. The minimum absolute atomic E-state index is 0.189. The van der Waals surface area contributed by atoms with Gasteiger partial charge in [-0.2, -0.15) is 5.10 Å². The average molecular weight is 377 g/mol. The lowest BCUT2D eigenvalue weighted by atomic mass is 10.2. The molecule has 8 heteroatoms. The first-order chi connectivity index (χ1) is 13.7. The van der Waals surface area contributed by atoms with Crippen LogP contribution in [-0.4, -0.2) is 25.1 Å². The molecule has 28 heavy (non-hydrogen) atoms. The van der Waals surface area contributed by atoms with Crippen LogP contribution in [0.15, 0.2) is 54.9 Å². The van der Waals surface area contributed by atoms with Gasteiger partial charge in [-0.3, -0.25) is 10.1 Å². The van der Waals surface area contributed by atoms with E-state index < -0.39 is 11.6 Å². The van der Waals surface area contributed by atoms with Crippen molar-refractivity contribution in [2.24, 2.45) is 0 Å². The van der Waals surface area contributed by atoms with E-state index >= 15 is 0 Å². The van der Waals surface area contributed by atoms with E-state index in [4.69, 9.17) is 4.74 Å². The van der Waals surface area contributed by atoms with Gasteiger partial charge in [-0.05, 0) is 35.9 Å². The number of imidazole rings is 1. The molecule has 0 aliphatic heterocycles. The maximum absolute atomic E-state index is 14.2. The molecule has 2 aromatic carbocycles. The molecular formula is C20H13F2N5O. The van der Waals surface area contributed by atoms with Crippen LogP contribution in [0.1, 0.15) is 5.56 Å². The van der Waals surface area contributed by atoms with Crippen molar-refractivity contribution < 1.29 is 13.5 Å². The zero-order valence-corrected chi connectivity index (χ0v) is 14.4. The number of fused-ring (bicyclic) bond motifs is 2. The highest BCUT2D eigenvalue weighted by molar-refractivity contribution is 5.93. The number of aromatic amines is 2. The lowest BCUT2D eigenvalue weighted by Gasteiger charge is -2.05. The fourth-order valence-electron chi connectivity index (χ4n) is 3.08. The monoisotopic (exact) mass is 377 g/mol. The van der Waals surface area contributed by atoms with Gasteiger partial charge in [-0.15, -0.1) is 0 Å². The molecule has 0 radical (unpaired) electrons. The molecule has 0 atom stereocenters. The predicted molar refractivity (Wildman–Crippen MR) is 99.7 cm³/mol. The molecule has 5 rings (SSSR count). The van der Waals surface area contributed by atoms with Gasteiger partial charge in [0.15, 0.2) is 5.82 Å². The van der Waals surface area contributed by atoms with E-state index in [1.165, 1.54) is 6.07 Å². The summed E-state index contributed by atoms with van der Waals surface area (Å²) >= 11 is 0. The molecule has 0 aliphatic carbocycles. The van der Waals surface area contributed by atoms with Crippen LogP contribution in [0.4, 0.5) is 8.78 Å². The number of aromatic nitrogens is 5. The van der Waals surface area contributed by atoms with Gasteiger partial charge in [0.1, 0.15) is 29.7 Å². The summed E-state index contributed by atoms with van der Waals surface area (Å²) in [7, 11) is 0. The van der Waals surface area contributed by atoms with Crippen LogP contribution in [0.25, 0.3) is 33.5 Å². The van der Waals surface area contributed by atoms with E-state index in [1.807, 2.05) is 30.3 Å². The normalized spacial score (nSPS) is 11.4. The van der Waals surface area contributed by atoms with Crippen LogP contribution in [0.2, 0.25) is 0 Å². The van der Waals surface area contributed by atoms with Crippen LogP contribution >= 0.6 is 0 Å². The maximum atomic E-state index is 14.2. The van der Waals surface area contributed by atoms with Gasteiger partial charge in [0.2, 0.25) is 0 Å². The number of ether oxygens (including phenoxy) is 1. The number of nitrogens with one attached hydrogen (secondary N) is 2. The Hall–Kier alpha value is -3.81. The second-order valence-corrected chi connectivity index (χ2v) is 6.29. The molecule has 138 valence electrons. The number of rotatable bonds is 4. The quantitative estimate of drug-likeness (QED) is 0.488.